The fourth-order valence-corrected chi connectivity index (χ4v) is 4.13. The number of nitro benzene ring substituents is 1. The van der Waals surface area contributed by atoms with Crippen LogP contribution in [0.25, 0.3) is 11.3 Å². The van der Waals surface area contributed by atoms with E-state index in [1.165, 1.54) is 17.8 Å². The van der Waals surface area contributed by atoms with Gasteiger partial charge in [-0.05, 0) is 37.5 Å². The lowest BCUT2D eigenvalue weighted by molar-refractivity contribution is -0.384. The van der Waals surface area contributed by atoms with Crippen molar-refractivity contribution in [2.24, 2.45) is 4.99 Å². The largest absolute Gasteiger partial charge is 0.463 e. The summed E-state index contributed by atoms with van der Waals surface area (Å²) in [5.41, 5.74) is 1.26. The van der Waals surface area contributed by atoms with Crippen LogP contribution in [0.5, 0.6) is 0 Å². The number of hydrogen-bond donors (Lipinski definition) is 0. The number of furan rings is 1. The predicted molar refractivity (Wildman–Crippen MR) is 109 cm³/mol. The molecule has 0 saturated heterocycles. The van der Waals surface area contributed by atoms with Crippen LogP contribution < -0.4 is 0 Å². The molecule has 0 spiro atoms. The van der Waals surface area contributed by atoms with Gasteiger partial charge in [-0.1, -0.05) is 23.9 Å². The topological polar surface area (TPSA) is 98.2 Å². The second kappa shape index (κ2) is 7.59. The van der Waals surface area contributed by atoms with Crippen LogP contribution in [0.15, 0.2) is 68.7 Å². The third kappa shape index (κ3) is 3.33. The first-order valence-electron chi connectivity index (χ1n) is 8.93. The number of carbonyl (C=O) groups excluding carboxylic acids is 1. The van der Waals surface area contributed by atoms with Gasteiger partial charge in [0.05, 0.1) is 28.4 Å². The zero-order valence-corrected chi connectivity index (χ0v) is 16.5. The van der Waals surface area contributed by atoms with Gasteiger partial charge < -0.3 is 14.1 Å². The molecule has 148 valence electrons. The number of fused-ring (bicyclic) bond motifs is 1. The standard InChI is InChI=1S/C20H17N3O5S/c1-3-27-19(24)17-12(2)21-20-22(10-11-29-20)18(17)16-9-8-15(28-16)13-6-4-5-7-14(13)23(25)26/h4-11,18H,3H2,1-2H3/t18-/m0/s1. The van der Waals surface area contributed by atoms with E-state index in [9.17, 15) is 14.9 Å². The highest BCUT2D eigenvalue weighted by atomic mass is 32.2. The highest BCUT2D eigenvalue weighted by Crippen LogP contribution is 2.43. The van der Waals surface area contributed by atoms with Crippen molar-refractivity contribution in [2.45, 2.75) is 19.9 Å². The first-order chi connectivity index (χ1) is 14.0. The SMILES string of the molecule is CCOC(=O)C1=C(C)N=C2SC=CN2[C@H]1c1ccc(-c2ccccc2[N+](=O)[O-])o1. The van der Waals surface area contributed by atoms with Gasteiger partial charge in [-0.3, -0.25) is 10.1 Å². The number of allylic oxidation sites excluding steroid dienone is 1. The second-order valence-electron chi connectivity index (χ2n) is 6.30. The van der Waals surface area contributed by atoms with E-state index in [0.717, 1.165) is 5.17 Å². The Morgan fingerprint density at radius 1 is 1.34 bits per heavy atom. The zero-order chi connectivity index (χ0) is 20.5. The number of nitrogens with zero attached hydrogens (tertiary/aromatic N) is 3. The molecular weight excluding hydrogens is 394 g/mol. The molecule has 8 nitrogen and oxygen atoms in total. The fourth-order valence-electron chi connectivity index (χ4n) is 3.34. The number of nitro groups is 1. The van der Waals surface area contributed by atoms with Gasteiger partial charge in [0, 0.05) is 12.3 Å². The highest BCUT2D eigenvalue weighted by Gasteiger charge is 2.39. The van der Waals surface area contributed by atoms with Crippen LogP contribution in [0.2, 0.25) is 0 Å². The maximum Gasteiger partial charge on any atom is 0.338 e. The number of aliphatic imine (C=N–C) groups is 1. The Hall–Kier alpha value is -3.33. The fraction of sp³-hybridized carbons (Fsp3) is 0.200. The Kier molecular flexibility index (Phi) is 4.98. The summed E-state index contributed by atoms with van der Waals surface area (Å²) in [5, 5.41) is 14.0. The van der Waals surface area contributed by atoms with Crippen molar-refractivity contribution in [3.63, 3.8) is 0 Å². The third-order valence-corrected chi connectivity index (χ3v) is 5.35. The summed E-state index contributed by atoms with van der Waals surface area (Å²) in [6.07, 6.45) is 1.83. The molecule has 29 heavy (non-hydrogen) atoms. The molecule has 0 radical (unpaired) electrons. The molecular formula is C20H17N3O5S. The smallest absolute Gasteiger partial charge is 0.338 e. The van der Waals surface area contributed by atoms with Crippen LogP contribution >= 0.6 is 11.8 Å². The van der Waals surface area contributed by atoms with E-state index in [0.29, 0.717) is 28.4 Å². The summed E-state index contributed by atoms with van der Waals surface area (Å²) in [4.78, 5) is 29.9. The van der Waals surface area contributed by atoms with Crippen molar-refractivity contribution in [1.29, 1.82) is 0 Å². The molecule has 0 aliphatic carbocycles. The molecule has 4 rings (SSSR count). The van der Waals surface area contributed by atoms with E-state index in [-0.39, 0.29) is 12.3 Å². The van der Waals surface area contributed by atoms with Gasteiger partial charge in [-0.25, -0.2) is 9.79 Å². The number of hydrogen-bond acceptors (Lipinski definition) is 8. The molecule has 1 aromatic heterocycles. The first kappa shape index (κ1) is 19.0. The van der Waals surface area contributed by atoms with Gasteiger partial charge >= 0.3 is 5.97 Å². The number of benzene rings is 1. The summed E-state index contributed by atoms with van der Waals surface area (Å²) >= 11 is 1.44. The number of para-hydroxylation sites is 1. The molecule has 2 aromatic rings. The molecule has 3 heterocycles. The molecule has 2 aliphatic heterocycles. The van der Waals surface area contributed by atoms with Gasteiger partial charge in [-0.2, -0.15) is 0 Å². The minimum absolute atomic E-state index is 0.0479. The average molecular weight is 411 g/mol. The van der Waals surface area contributed by atoms with Crippen molar-refractivity contribution >= 4 is 28.6 Å². The van der Waals surface area contributed by atoms with Crippen molar-refractivity contribution in [1.82, 2.24) is 4.90 Å². The third-order valence-electron chi connectivity index (χ3n) is 4.58. The van der Waals surface area contributed by atoms with E-state index in [1.54, 1.807) is 44.2 Å². The molecule has 1 atom stereocenters. The molecule has 1 aromatic carbocycles. The lowest BCUT2D eigenvalue weighted by Gasteiger charge is -2.31. The lowest BCUT2D eigenvalue weighted by atomic mass is 10.0. The Labute approximate surface area is 170 Å². The molecule has 0 unspecified atom stereocenters. The van der Waals surface area contributed by atoms with E-state index in [2.05, 4.69) is 4.99 Å². The summed E-state index contributed by atoms with van der Waals surface area (Å²) < 4.78 is 11.3. The van der Waals surface area contributed by atoms with Crippen LogP contribution in [0.4, 0.5) is 5.69 Å². The maximum atomic E-state index is 12.7. The summed E-state index contributed by atoms with van der Waals surface area (Å²) in [7, 11) is 0. The Bertz CT molecular complexity index is 1090. The Morgan fingerprint density at radius 2 is 2.14 bits per heavy atom. The number of rotatable bonds is 5. The van der Waals surface area contributed by atoms with Crippen LogP contribution in [0.3, 0.4) is 0 Å². The van der Waals surface area contributed by atoms with Gasteiger partial charge in [0.2, 0.25) is 0 Å². The van der Waals surface area contributed by atoms with Gasteiger partial charge in [0.1, 0.15) is 17.6 Å². The van der Waals surface area contributed by atoms with Crippen molar-refractivity contribution in [2.75, 3.05) is 6.61 Å². The average Bonchev–Trinajstić information content (AvgIpc) is 3.36. The molecule has 0 fully saturated rings. The summed E-state index contributed by atoms with van der Waals surface area (Å²) in [5.74, 6) is 0.361. The molecule has 0 saturated carbocycles. The number of esters is 1. The normalized spacial score (nSPS) is 17.9. The van der Waals surface area contributed by atoms with Gasteiger partial charge in [-0.15, -0.1) is 0 Å². The van der Waals surface area contributed by atoms with Crippen molar-refractivity contribution < 1.29 is 18.9 Å². The first-order valence-corrected chi connectivity index (χ1v) is 9.81. The van der Waals surface area contributed by atoms with E-state index in [1.807, 2.05) is 16.5 Å². The number of amidine groups is 1. The van der Waals surface area contributed by atoms with Crippen LogP contribution in [0.1, 0.15) is 25.6 Å². The molecule has 0 amide bonds. The lowest BCUT2D eigenvalue weighted by Crippen LogP contribution is -2.33. The van der Waals surface area contributed by atoms with E-state index >= 15 is 0 Å². The molecule has 0 N–H and O–H groups in total. The van der Waals surface area contributed by atoms with E-state index < -0.39 is 16.9 Å². The van der Waals surface area contributed by atoms with Crippen molar-refractivity contribution in [3.8, 4) is 11.3 Å². The van der Waals surface area contributed by atoms with Crippen LogP contribution in [0, 0.1) is 10.1 Å². The Balaban J connectivity index is 1.79. The quantitative estimate of drug-likeness (QED) is 0.402. The van der Waals surface area contributed by atoms with Gasteiger partial charge in [0.15, 0.2) is 5.17 Å². The monoisotopic (exact) mass is 411 g/mol. The predicted octanol–water partition coefficient (Wildman–Crippen LogP) is 4.62. The van der Waals surface area contributed by atoms with Crippen LogP contribution in [-0.4, -0.2) is 27.6 Å². The van der Waals surface area contributed by atoms with Crippen LogP contribution in [-0.2, 0) is 9.53 Å². The van der Waals surface area contributed by atoms with Gasteiger partial charge in [0.25, 0.3) is 5.69 Å². The molecule has 2 aliphatic rings. The number of thioether (sulfide) groups is 1. The minimum atomic E-state index is -0.565. The Morgan fingerprint density at radius 3 is 2.90 bits per heavy atom. The number of ether oxygens (including phenoxy) is 1. The second-order valence-corrected chi connectivity index (χ2v) is 7.18. The maximum absolute atomic E-state index is 12.7. The molecule has 9 heteroatoms. The highest BCUT2D eigenvalue weighted by molar-refractivity contribution is 8.16. The van der Waals surface area contributed by atoms with E-state index in [4.69, 9.17) is 9.15 Å². The summed E-state index contributed by atoms with van der Waals surface area (Å²) in [6.45, 7) is 3.74. The zero-order valence-electron chi connectivity index (χ0n) is 15.7. The van der Waals surface area contributed by atoms with Crippen molar-refractivity contribution in [3.05, 3.63) is 75.2 Å². The molecule has 0 bridgehead atoms. The number of carbonyl (C=O) groups is 1. The minimum Gasteiger partial charge on any atom is -0.463 e. The summed E-state index contributed by atoms with van der Waals surface area (Å²) in [6, 6.07) is 9.21.